The van der Waals surface area contributed by atoms with Gasteiger partial charge in [0.25, 0.3) is 0 Å². The summed E-state index contributed by atoms with van der Waals surface area (Å²) >= 11 is 0. The lowest BCUT2D eigenvalue weighted by atomic mass is 9.52. The number of benzene rings is 4. The molecule has 0 aromatic heterocycles. The zero-order valence-corrected chi connectivity index (χ0v) is 21.4. The summed E-state index contributed by atoms with van der Waals surface area (Å²) in [5.41, 5.74) is 2.77. The van der Waals surface area contributed by atoms with Crippen molar-refractivity contribution in [3.05, 3.63) is 114 Å². The van der Waals surface area contributed by atoms with Crippen molar-refractivity contribution in [2.24, 2.45) is 11.8 Å². The molecule has 198 valence electrons. The number of rotatable bonds is 8. The maximum absolute atomic E-state index is 13.9. The molecule has 1 fully saturated rings. The summed E-state index contributed by atoms with van der Waals surface area (Å²) in [6, 6.07) is 27.2. The van der Waals surface area contributed by atoms with Crippen LogP contribution in [0.5, 0.6) is 17.2 Å². The van der Waals surface area contributed by atoms with Gasteiger partial charge in [-0.3, -0.25) is 9.59 Å². The Bertz CT molecular complexity index is 1440. The van der Waals surface area contributed by atoms with Crippen molar-refractivity contribution in [2.45, 2.75) is 11.8 Å². The monoisotopic (exact) mass is 526 g/mol. The van der Waals surface area contributed by atoms with Gasteiger partial charge in [0.1, 0.15) is 23.1 Å². The van der Waals surface area contributed by atoms with Crippen LogP contribution in [-0.4, -0.2) is 31.3 Å². The molecule has 4 aromatic carbocycles. The molecule has 7 heteroatoms. The molecule has 1 aliphatic carbocycles. The number of methoxy groups -OCH3 is 2. The van der Waals surface area contributed by atoms with Crippen molar-refractivity contribution >= 4 is 11.9 Å². The Labute approximate surface area is 225 Å². The second-order valence-electron chi connectivity index (χ2n) is 9.38. The van der Waals surface area contributed by atoms with Gasteiger partial charge in [0.05, 0.1) is 26.1 Å². The van der Waals surface area contributed by atoms with Crippen LogP contribution in [0.3, 0.4) is 0 Å². The van der Waals surface area contributed by atoms with Crippen molar-refractivity contribution in [3.63, 3.8) is 0 Å². The standard InChI is InChI=1S/C32H27FO6/c1-37-25-12-5-3-10-23(25)27-29(31(34)35)28(24-11-4-6-13-26(24)38-2)30(27)32(36)39-22-9-7-8-20(18-22)19-14-16-21(33)17-15-19/h3-18,27-30H,1-2H3,(H,34,35)/t27-,28-,29?,30?/m0/s1. The van der Waals surface area contributed by atoms with Gasteiger partial charge in [0, 0.05) is 11.8 Å². The molecular weight excluding hydrogens is 499 g/mol. The van der Waals surface area contributed by atoms with Crippen molar-refractivity contribution in [1.82, 2.24) is 0 Å². The highest BCUT2D eigenvalue weighted by atomic mass is 19.1. The van der Waals surface area contributed by atoms with Crippen LogP contribution in [0.15, 0.2) is 97.1 Å². The molecule has 0 aliphatic heterocycles. The summed E-state index contributed by atoms with van der Waals surface area (Å²) in [5, 5.41) is 10.3. The smallest absolute Gasteiger partial charge is 0.315 e. The van der Waals surface area contributed by atoms with Crippen LogP contribution in [0.2, 0.25) is 0 Å². The molecule has 5 rings (SSSR count). The maximum atomic E-state index is 13.9. The van der Waals surface area contributed by atoms with Gasteiger partial charge in [-0.1, -0.05) is 60.7 Å². The van der Waals surface area contributed by atoms with Gasteiger partial charge in [-0.15, -0.1) is 0 Å². The lowest BCUT2D eigenvalue weighted by Gasteiger charge is -2.49. The highest BCUT2D eigenvalue weighted by molar-refractivity contribution is 5.86. The van der Waals surface area contributed by atoms with Crippen molar-refractivity contribution < 1.29 is 33.3 Å². The van der Waals surface area contributed by atoms with Gasteiger partial charge in [0.2, 0.25) is 0 Å². The minimum atomic E-state index is -1.02. The fourth-order valence-corrected chi connectivity index (χ4v) is 5.57. The quantitative estimate of drug-likeness (QED) is 0.214. The summed E-state index contributed by atoms with van der Waals surface area (Å²) in [4.78, 5) is 26.5. The third-order valence-electron chi connectivity index (χ3n) is 7.33. The summed E-state index contributed by atoms with van der Waals surface area (Å²) in [6.07, 6.45) is 0. The molecule has 39 heavy (non-hydrogen) atoms. The molecule has 0 bridgehead atoms. The Kier molecular flexibility index (Phi) is 7.32. The first kappa shape index (κ1) is 26.0. The Hall–Kier alpha value is -4.65. The first-order valence-electron chi connectivity index (χ1n) is 12.5. The Morgan fingerprint density at radius 3 is 1.79 bits per heavy atom. The third-order valence-corrected chi connectivity index (χ3v) is 7.33. The molecule has 0 saturated heterocycles. The molecule has 4 aromatic rings. The molecule has 0 spiro atoms. The number of carboxylic acids is 1. The molecule has 1 saturated carbocycles. The van der Waals surface area contributed by atoms with E-state index >= 15 is 0 Å². The zero-order valence-electron chi connectivity index (χ0n) is 21.4. The molecule has 0 radical (unpaired) electrons. The predicted molar refractivity (Wildman–Crippen MR) is 144 cm³/mol. The van der Waals surface area contributed by atoms with Gasteiger partial charge in [-0.25, -0.2) is 4.39 Å². The van der Waals surface area contributed by atoms with Crippen molar-refractivity contribution in [3.8, 4) is 28.4 Å². The van der Waals surface area contributed by atoms with E-state index in [9.17, 15) is 19.1 Å². The average Bonchev–Trinajstić information content (AvgIpc) is 2.93. The fraction of sp³-hybridized carbons (Fsp3) is 0.188. The number of carbonyl (C=O) groups is 2. The third kappa shape index (κ3) is 4.95. The molecule has 0 amide bonds. The van der Waals surface area contributed by atoms with E-state index in [0.29, 0.717) is 28.4 Å². The summed E-state index contributed by atoms with van der Waals surface area (Å²) in [5.74, 6) is -3.75. The molecule has 6 nitrogen and oxygen atoms in total. The summed E-state index contributed by atoms with van der Waals surface area (Å²) in [7, 11) is 3.03. The number of ether oxygens (including phenoxy) is 3. The molecule has 1 N–H and O–H groups in total. The number of esters is 1. The predicted octanol–water partition coefficient (Wildman–Crippen LogP) is 6.31. The Morgan fingerprint density at radius 2 is 1.26 bits per heavy atom. The van der Waals surface area contributed by atoms with E-state index in [4.69, 9.17) is 14.2 Å². The van der Waals surface area contributed by atoms with E-state index < -0.39 is 35.6 Å². The minimum Gasteiger partial charge on any atom is -0.496 e. The van der Waals surface area contributed by atoms with E-state index in [1.54, 1.807) is 78.9 Å². The molecule has 0 heterocycles. The molecule has 0 unspecified atom stereocenters. The van der Waals surface area contributed by atoms with Crippen LogP contribution in [0.25, 0.3) is 11.1 Å². The van der Waals surface area contributed by atoms with Gasteiger partial charge in [-0.2, -0.15) is 0 Å². The van der Waals surface area contributed by atoms with Crippen LogP contribution < -0.4 is 14.2 Å². The maximum Gasteiger partial charge on any atom is 0.315 e. The minimum absolute atomic E-state index is 0.304. The van der Waals surface area contributed by atoms with E-state index in [2.05, 4.69) is 0 Å². The number of halogens is 1. The van der Waals surface area contributed by atoms with Gasteiger partial charge in [0.15, 0.2) is 0 Å². The van der Waals surface area contributed by atoms with E-state index in [-0.39, 0.29) is 5.82 Å². The molecule has 1 aliphatic rings. The van der Waals surface area contributed by atoms with E-state index in [1.165, 1.54) is 26.4 Å². The lowest BCUT2D eigenvalue weighted by Crippen LogP contribution is -2.52. The van der Waals surface area contributed by atoms with Crippen LogP contribution in [-0.2, 0) is 9.59 Å². The van der Waals surface area contributed by atoms with E-state index in [1.807, 2.05) is 6.07 Å². The highest BCUT2D eigenvalue weighted by Gasteiger charge is 2.60. The SMILES string of the molecule is COc1ccccc1[C@H]1C(C(=O)O)[C@H](c2ccccc2OC)C1C(=O)Oc1cccc(-c2ccc(F)cc2)c1. The second kappa shape index (κ2) is 11.0. The number of hydrogen-bond acceptors (Lipinski definition) is 5. The number of para-hydroxylation sites is 2. The number of hydrogen-bond donors (Lipinski definition) is 1. The number of aliphatic carboxylic acids is 1. The molecule has 2 atom stereocenters. The van der Waals surface area contributed by atoms with Crippen molar-refractivity contribution in [2.75, 3.05) is 14.2 Å². The second-order valence-corrected chi connectivity index (χ2v) is 9.38. The highest BCUT2D eigenvalue weighted by Crippen LogP contribution is 2.60. The number of carboxylic acid groups (broad SMARTS) is 1. The fourth-order valence-electron chi connectivity index (χ4n) is 5.57. The van der Waals surface area contributed by atoms with Crippen molar-refractivity contribution in [1.29, 1.82) is 0 Å². The zero-order chi connectivity index (χ0) is 27.5. The van der Waals surface area contributed by atoms with Gasteiger partial charge < -0.3 is 19.3 Å². The summed E-state index contributed by atoms with van der Waals surface area (Å²) in [6.45, 7) is 0. The Morgan fingerprint density at radius 1 is 0.692 bits per heavy atom. The average molecular weight is 527 g/mol. The van der Waals surface area contributed by atoms with Crippen LogP contribution in [0.1, 0.15) is 23.0 Å². The van der Waals surface area contributed by atoms with Crippen LogP contribution in [0.4, 0.5) is 4.39 Å². The lowest BCUT2D eigenvalue weighted by molar-refractivity contribution is -0.158. The summed E-state index contributed by atoms with van der Waals surface area (Å²) < 4.78 is 30.4. The number of carbonyl (C=O) groups excluding carboxylic acids is 1. The Balaban J connectivity index is 1.55. The first-order chi connectivity index (χ1) is 18.9. The first-order valence-corrected chi connectivity index (χ1v) is 12.5. The van der Waals surface area contributed by atoms with Crippen LogP contribution >= 0.6 is 0 Å². The van der Waals surface area contributed by atoms with Crippen LogP contribution in [0, 0.1) is 17.7 Å². The normalized spacial score (nSPS) is 20.0. The van der Waals surface area contributed by atoms with Gasteiger partial charge >= 0.3 is 11.9 Å². The largest absolute Gasteiger partial charge is 0.496 e. The van der Waals surface area contributed by atoms with E-state index in [0.717, 1.165) is 11.1 Å². The topological polar surface area (TPSA) is 82.1 Å². The van der Waals surface area contributed by atoms with Gasteiger partial charge in [-0.05, 0) is 58.7 Å². The molecular formula is C32H27FO6.